The third-order valence-electron chi connectivity index (χ3n) is 3.41. The van der Waals surface area contributed by atoms with Gasteiger partial charge in [-0.05, 0) is 30.3 Å². The number of hydrogen-bond acceptors (Lipinski definition) is 4. The highest BCUT2D eigenvalue weighted by Crippen LogP contribution is 2.36. The fraction of sp³-hybridized carbons (Fsp3) is 0.353. The van der Waals surface area contributed by atoms with E-state index in [1.54, 1.807) is 6.08 Å². The van der Waals surface area contributed by atoms with Crippen LogP contribution in [0.15, 0.2) is 40.8 Å². The lowest BCUT2D eigenvalue weighted by Crippen LogP contribution is -2.31. The molecule has 0 aromatic heterocycles. The van der Waals surface area contributed by atoms with Crippen molar-refractivity contribution in [3.63, 3.8) is 0 Å². The molecule has 0 saturated carbocycles. The number of allylic oxidation sites excluding steroid dienone is 1. The van der Waals surface area contributed by atoms with Crippen LogP contribution in [0.5, 0.6) is 0 Å². The second-order valence-corrected chi connectivity index (χ2v) is 6.93. The second kappa shape index (κ2) is 7.31. The van der Waals surface area contributed by atoms with Crippen LogP contribution in [0.1, 0.15) is 30.1 Å². The molecule has 0 heterocycles. The molecule has 2 rings (SSSR count). The Kier molecular flexibility index (Phi) is 5.58. The number of benzene rings is 1. The maximum atomic E-state index is 12.3. The highest BCUT2D eigenvalue weighted by atomic mass is 32.2. The minimum Gasteiger partial charge on any atom is -0.454 e. The maximum absolute atomic E-state index is 12.3. The van der Waals surface area contributed by atoms with Gasteiger partial charge >= 0.3 is 11.5 Å². The van der Waals surface area contributed by atoms with Crippen molar-refractivity contribution in [1.82, 2.24) is 0 Å². The maximum Gasteiger partial charge on any atom is 0.446 e. The highest BCUT2D eigenvalue weighted by Gasteiger charge is 2.36. The normalized spacial score (nSPS) is 15.6. The van der Waals surface area contributed by atoms with Crippen molar-refractivity contribution in [1.29, 1.82) is 0 Å². The summed E-state index contributed by atoms with van der Waals surface area (Å²) in [4.78, 5) is 27.1. The lowest BCUT2D eigenvalue weighted by molar-refractivity contribution is -0.139. The first kappa shape index (κ1) is 19.1. The molecule has 1 aromatic carbocycles. The molecule has 0 spiro atoms. The number of halogens is 3. The monoisotopic (exact) mass is 369 g/mol. The Morgan fingerprint density at radius 3 is 2.36 bits per heavy atom. The third-order valence-corrected chi connectivity index (χ3v) is 4.15. The first-order valence-corrected chi connectivity index (χ1v) is 8.07. The van der Waals surface area contributed by atoms with Crippen LogP contribution in [-0.4, -0.2) is 29.4 Å². The average molecular weight is 369 g/mol. The highest BCUT2D eigenvalue weighted by molar-refractivity contribution is 8.00. The van der Waals surface area contributed by atoms with Gasteiger partial charge in [0.2, 0.25) is 0 Å². The number of hydrogen-bond donors (Lipinski definition) is 0. The number of carbonyl (C=O) groups is 2. The molecule has 1 atom stereocenters. The Labute approximate surface area is 146 Å². The number of alkyl halides is 3. The number of carbonyl (C=O) groups excluding carboxylic acids is 2. The molecule has 0 amide bonds. The molecule has 0 fully saturated rings. The number of thioether (sulfide) groups is 1. The van der Waals surface area contributed by atoms with E-state index in [1.165, 1.54) is 31.2 Å². The van der Waals surface area contributed by atoms with E-state index in [9.17, 15) is 22.8 Å². The van der Waals surface area contributed by atoms with E-state index < -0.39 is 22.8 Å². The molecule has 0 radical (unpaired) electrons. The van der Waals surface area contributed by atoms with Crippen LogP contribution >= 0.6 is 11.8 Å². The Balaban J connectivity index is 1.97. The van der Waals surface area contributed by atoms with E-state index in [1.807, 2.05) is 0 Å². The zero-order valence-electron chi connectivity index (χ0n) is 13.2. The van der Waals surface area contributed by atoms with E-state index in [0.717, 1.165) is 0 Å². The molecule has 0 saturated heterocycles. The quantitative estimate of drug-likeness (QED) is 0.309. The van der Waals surface area contributed by atoms with Gasteiger partial charge in [0.15, 0.2) is 12.4 Å². The second-order valence-electron chi connectivity index (χ2n) is 5.79. The number of ether oxygens (including phenoxy) is 1. The van der Waals surface area contributed by atoms with Gasteiger partial charge in [-0.1, -0.05) is 18.2 Å². The molecule has 0 aliphatic heterocycles. The van der Waals surface area contributed by atoms with Crippen molar-refractivity contribution < 1.29 is 27.5 Å². The number of nitrogens with zero attached hydrogens (tertiary/aromatic N) is 1. The summed E-state index contributed by atoms with van der Waals surface area (Å²) in [6.45, 7) is 8.53. The lowest BCUT2D eigenvalue weighted by Gasteiger charge is -2.16. The summed E-state index contributed by atoms with van der Waals surface area (Å²) in [5, 5.41) is 0. The molecule has 132 valence electrons. The Bertz CT molecular complexity index is 750. The van der Waals surface area contributed by atoms with Crippen molar-refractivity contribution in [3.8, 4) is 0 Å². The first-order valence-electron chi connectivity index (χ1n) is 7.26. The predicted molar refractivity (Wildman–Crippen MR) is 86.0 cm³/mol. The minimum atomic E-state index is -4.39. The predicted octanol–water partition coefficient (Wildman–Crippen LogP) is 4.42. The van der Waals surface area contributed by atoms with Crippen molar-refractivity contribution >= 4 is 23.5 Å². The first-order chi connectivity index (χ1) is 11.6. The van der Waals surface area contributed by atoms with Gasteiger partial charge in [0.05, 0.1) is 6.42 Å². The summed E-state index contributed by atoms with van der Waals surface area (Å²) in [5.74, 6) is -0.889. The van der Waals surface area contributed by atoms with E-state index >= 15 is 0 Å². The van der Waals surface area contributed by atoms with Gasteiger partial charge in [-0.15, -0.1) is 0 Å². The van der Waals surface area contributed by atoms with Gasteiger partial charge < -0.3 is 9.58 Å². The summed E-state index contributed by atoms with van der Waals surface area (Å²) in [6, 6.07) is 5.00. The summed E-state index contributed by atoms with van der Waals surface area (Å²) in [7, 11) is 0. The van der Waals surface area contributed by atoms with E-state index in [0.29, 0.717) is 12.0 Å². The van der Waals surface area contributed by atoms with Gasteiger partial charge in [0, 0.05) is 23.0 Å². The van der Waals surface area contributed by atoms with Gasteiger partial charge in [-0.25, -0.2) is 11.4 Å². The Morgan fingerprint density at radius 2 is 1.88 bits per heavy atom. The smallest absolute Gasteiger partial charge is 0.446 e. The van der Waals surface area contributed by atoms with Crippen LogP contribution in [0.3, 0.4) is 0 Å². The fourth-order valence-corrected chi connectivity index (χ4v) is 2.48. The fourth-order valence-electron chi connectivity index (χ4n) is 1.94. The number of ketones is 1. The topological polar surface area (TPSA) is 47.7 Å². The van der Waals surface area contributed by atoms with Gasteiger partial charge in [-0.2, -0.15) is 13.2 Å². The zero-order valence-corrected chi connectivity index (χ0v) is 14.0. The summed E-state index contributed by atoms with van der Waals surface area (Å²) >= 11 is -0.264. The molecule has 0 bridgehead atoms. The lowest BCUT2D eigenvalue weighted by atomic mass is 9.94. The number of esters is 1. The molecular weight excluding hydrogens is 355 g/mol. The van der Waals surface area contributed by atoms with Crippen LogP contribution in [0.2, 0.25) is 0 Å². The SMILES string of the molecule is [C-]#[N+]C(C)(COC(=O)C1=CC1)CC(=O)c1ccc(SC(F)(F)F)cc1. The van der Waals surface area contributed by atoms with Gasteiger partial charge in [0.1, 0.15) is 0 Å². The average Bonchev–Trinajstić information content (AvgIpc) is 3.36. The largest absolute Gasteiger partial charge is 0.454 e. The van der Waals surface area contributed by atoms with E-state index in [-0.39, 0.29) is 35.2 Å². The molecule has 1 unspecified atom stereocenters. The molecule has 1 aliphatic rings. The molecule has 0 N–H and O–H groups in total. The standard InChI is InChI=1S/C17H14F3NO3S/c1-16(21-2,10-24-15(23)12-3-4-12)9-14(22)11-5-7-13(8-6-11)25-17(18,19)20/h3,5-8H,4,9-10H2,1H3. The molecule has 4 nitrogen and oxygen atoms in total. The van der Waals surface area contributed by atoms with Crippen molar-refractivity contribution in [3.05, 3.63) is 52.9 Å². The molecule has 1 aromatic rings. The van der Waals surface area contributed by atoms with Crippen molar-refractivity contribution in [2.75, 3.05) is 6.61 Å². The van der Waals surface area contributed by atoms with Crippen LogP contribution in [-0.2, 0) is 9.53 Å². The Morgan fingerprint density at radius 1 is 1.28 bits per heavy atom. The summed E-state index contributed by atoms with van der Waals surface area (Å²) in [6.07, 6.45) is 2.08. The number of rotatable bonds is 7. The van der Waals surface area contributed by atoms with Crippen LogP contribution in [0.25, 0.3) is 4.85 Å². The minimum absolute atomic E-state index is 0.0244. The molecule has 8 heteroatoms. The molecule has 1 aliphatic carbocycles. The van der Waals surface area contributed by atoms with Crippen molar-refractivity contribution in [2.45, 2.75) is 35.7 Å². The summed E-state index contributed by atoms with van der Waals surface area (Å²) in [5.41, 5.74) is -4.86. The van der Waals surface area contributed by atoms with Crippen LogP contribution in [0, 0.1) is 6.57 Å². The van der Waals surface area contributed by atoms with Crippen molar-refractivity contribution in [2.24, 2.45) is 0 Å². The van der Waals surface area contributed by atoms with Crippen LogP contribution < -0.4 is 0 Å². The van der Waals surface area contributed by atoms with Crippen LogP contribution in [0.4, 0.5) is 13.2 Å². The zero-order chi connectivity index (χ0) is 18.7. The third kappa shape index (κ3) is 5.94. The summed E-state index contributed by atoms with van der Waals surface area (Å²) < 4.78 is 41.9. The van der Waals surface area contributed by atoms with Gasteiger partial charge in [0.25, 0.3) is 5.54 Å². The number of Topliss-reactive ketones (excluding diaryl/α,β-unsaturated/α-hetero) is 1. The van der Waals surface area contributed by atoms with E-state index in [2.05, 4.69) is 4.85 Å². The Hall–Kier alpha value is -2.27. The molecular formula is C17H14F3NO3S. The van der Waals surface area contributed by atoms with Gasteiger partial charge in [-0.3, -0.25) is 4.79 Å². The van der Waals surface area contributed by atoms with E-state index in [4.69, 9.17) is 11.3 Å². The molecule has 25 heavy (non-hydrogen) atoms.